The summed E-state index contributed by atoms with van der Waals surface area (Å²) in [4.78, 5) is 12.8. The minimum Gasteiger partial charge on any atom is -0.331 e. The summed E-state index contributed by atoms with van der Waals surface area (Å²) in [6.45, 7) is 2.20. The molecule has 0 bridgehead atoms. The molecule has 0 spiro atoms. The number of anilines is 1. The van der Waals surface area contributed by atoms with Crippen LogP contribution in [0.4, 0.5) is 10.5 Å². The molecule has 37 heavy (non-hydrogen) atoms. The van der Waals surface area contributed by atoms with E-state index in [0.29, 0.717) is 32.5 Å². The molecule has 5 aromatic rings. The van der Waals surface area contributed by atoms with Crippen molar-refractivity contribution >= 4 is 57.5 Å². The molecule has 1 heterocycles. The summed E-state index contributed by atoms with van der Waals surface area (Å²) in [6.07, 6.45) is 0. The molecule has 9 heteroatoms. The quantitative estimate of drug-likeness (QED) is 0.205. The van der Waals surface area contributed by atoms with Gasteiger partial charge in [-0.2, -0.15) is 0 Å². The van der Waals surface area contributed by atoms with E-state index in [1.165, 1.54) is 22.9 Å². The number of hydrogen-bond donors (Lipinski definition) is 2. The minimum atomic E-state index is -0.350. The Bertz CT molecular complexity index is 1580. The van der Waals surface area contributed by atoms with Crippen LogP contribution in [-0.2, 0) is 12.3 Å². The highest BCUT2D eigenvalue weighted by atomic mass is 35.5. The van der Waals surface area contributed by atoms with Gasteiger partial charge in [0.2, 0.25) is 0 Å². The van der Waals surface area contributed by atoms with Gasteiger partial charge >= 0.3 is 6.03 Å². The summed E-state index contributed by atoms with van der Waals surface area (Å²) in [5.41, 5.74) is 3.74. The monoisotopic (exact) mass is 547 g/mol. The molecular formula is C28H23Cl2N5OS. The van der Waals surface area contributed by atoms with Gasteiger partial charge in [0.1, 0.15) is 0 Å². The van der Waals surface area contributed by atoms with Crippen LogP contribution in [0.3, 0.4) is 0 Å². The number of nitrogens with zero attached hydrogens (tertiary/aromatic N) is 3. The fraction of sp³-hybridized carbons (Fsp3) is 0.107. The summed E-state index contributed by atoms with van der Waals surface area (Å²) < 4.78 is 1.84. The van der Waals surface area contributed by atoms with Crippen LogP contribution in [0.2, 0.25) is 10.0 Å². The van der Waals surface area contributed by atoms with E-state index >= 15 is 0 Å². The molecule has 0 aliphatic carbocycles. The zero-order valence-electron chi connectivity index (χ0n) is 19.9. The Morgan fingerprint density at radius 3 is 2.62 bits per heavy atom. The first-order valence-corrected chi connectivity index (χ1v) is 13.3. The van der Waals surface area contributed by atoms with Gasteiger partial charge in [-0.3, -0.25) is 4.57 Å². The van der Waals surface area contributed by atoms with Crippen LogP contribution in [0.25, 0.3) is 16.5 Å². The van der Waals surface area contributed by atoms with Gasteiger partial charge in [-0.1, -0.05) is 101 Å². The summed E-state index contributed by atoms with van der Waals surface area (Å²) in [5.74, 6) is 1.23. The van der Waals surface area contributed by atoms with E-state index in [0.717, 1.165) is 16.5 Å². The number of nitrogens with one attached hydrogen (secondary N) is 2. The van der Waals surface area contributed by atoms with Crippen molar-refractivity contribution in [3.05, 3.63) is 112 Å². The van der Waals surface area contributed by atoms with E-state index in [2.05, 4.69) is 46.0 Å². The third-order valence-corrected chi connectivity index (χ3v) is 7.30. The lowest BCUT2D eigenvalue weighted by molar-refractivity contribution is 0.251. The van der Waals surface area contributed by atoms with E-state index < -0.39 is 0 Å². The third kappa shape index (κ3) is 5.91. The first kappa shape index (κ1) is 25.1. The number of urea groups is 1. The lowest BCUT2D eigenvalue weighted by Crippen LogP contribution is -2.29. The van der Waals surface area contributed by atoms with Crippen LogP contribution >= 0.6 is 35.0 Å². The van der Waals surface area contributed by atoms with E-state index in [4.69, 9.17) is 23.2 Å². The van der Waals surface area contributed by atoms with Gasteiger partial charge in [-0.05, 0) is 42.1 Å². The fourth-order valence-corrected chi connectivity index (χ4v) is 5.29. The number of thioether (sulfide) groups is 1. The van der Waals surface area contributed by atoms with Crippen molar-refractivity contribution in [2.45, 2.75) is 24.4 Å². The number of rotatable bonds is 7. The molecule has 2 N–H and O–H groups in total. The highest BCUT2D eigenvalue weighted by molar-refractivity contribution is 7.98. The third-order valence-electron chi connectivity index (χ3n) is 5.74. The Morgan fingerprint density at radius 2 is 1.76 bits per heavy atom. The molecular weight excluding hydrogens is 525 g/mol. The largest absolute Gasteiger partial charge is 0.331 e. The number of halogens is 2. The van der Waals surface area contributed by atoms with Crippen molar-refractivity contribution in [3.8, 4) is 5.69 Å². The van der Waals surface area contributed by atoms with Gasteiger partial charge in [0.15, 0.2) is 11.0 Å². The Hall–Kier alpha value is -3.52. The molecule has 4 aromatic carbocycles. The second-order valence-corrected chi connectivity index (χ2v) is 10.2. The number of aryl methyl sites for hydroxylation is 1. The molecule has 186 valence electrons. The predicted molar refractivity (Wildman–Crippen MR) is 152 cm³/mol. The van der Waals surface area contributed by atoms with E-state index in [1.807, 2.05) is 53.1 Å². The summed E-state index contributed by atoms with van der Waals surface area (Å²) in [7, 11) is 0. The average Bonchev–Trinajstić information content (AvgIpc) is 3.30. The van der Waals surface area contributed by atoms with Crippen LogP contribution in [0.1, 0.15) is 17.0 Å². The molecule has 0 atom stereocenters. The van der Waals surface area contributed by atoms with Crippen LogP contribution in [0, 0.1) is 6.92 Å². The first-order chi connectivity index (χ1) is 18.0. The Kier molecular flexibility index (Phi) is 7.65. The summed E-state index contributed by atoms with van der Waals surface area (Å²) in [5, 5.41) is 18.3. The molecule has 0 aliphatic heterocycles. The van der Waals surface area contributed by atoms with E-state index in [9.17, 15) is 4.79 Å². The van der Waals surface area contributed by atoms with Gasteiger partial charge in [0.25, 0.3) is 0 Å². The van der Waals surface area contributed by atoms with E-state index in [1.54, 1.807) is 18.2 Å². The Morgan fingerprint density at radius 1 is 0.946 bits per heavy atom. The molecule has 0 aliphatic rings. The predicted octanol–water partition coefficient (Wildman–Crippen LogP) is 7.65. The molecule has 1 aromatic heterocycles. The number of benzene rings is 4. The molecule has 0 fully saturated rings. The second-order valence-electron chi connectivity index (χ2n) is 8.44. The van der Waals surface area contributed by atoms with Crippen LogP contribution in [0.5, 0.6) is 0 Å². The van der Waals surface area contributed by atoms with Crippen LogP contribution in [0.15, 0.2) is 90.1 Å². The molecule has 6 nitrogen and oxygen atoms in total. The maximum atomic E-state index is 12.8. The lowest BCUT2D eigenvalue weighted by atomic mass is 10.1. The van der Waals surface area contributed by atoms with Crippen molar-refractivity contribution in [2.75, 3.05) is 5.32 Å². The topological polar surface area (TPSA) is 71.8 Å². The maximum Gasteiger partial charge on any atom is 0.319 e. The number of aromatic nitrogens is 3. The van der Waals surface area contributed by atoms with Crippen LogP contribution in [-0.4, -0.2) is 20.8 Å². The zero-order chi connectivity index (χ0) is 25.8. The standard InChI is InChI=1S/C28H23Cl2N5OS/c1-18-6-4-7-19(14-18)17-37-28-34-33-26(35(28)25-15-21(29)12-13-23(25)30)16-31-27(36)32-24-11-5-9-20-8-2-3-10-22(20)24/h2-15H,16-17H2,1H3,(H2,31,32,36). The van der Waals surface area contributed by atoms with Gasteiger partial charge < -0.3 is 10.6 Å². The van der Waals surface area contributed by atoms with Crippen molar-refractivity contribution in [1.82, 2.24) is 20.1 Å². The number of carbonyl (C=O) groups excluding carboxylic acids is 1. The molecule has 5 rings (SSSR count). The SMILES string of the molecule is Cc1cccc(CSc2nnc(CNC(=O)Nc3cccc4ccccc34)n2-c2cc(Cl)ccc2Cl)c1. The number of carbonyl (C=O) groups is 1. The molecule has 0 unspecified atom stereocenters. The smallest absolute Gasteiger partial charge is 0.319 e. The van der Waals surface area contributed by atoms with Crippen LogP contribution < -0.4 is 10.6 Å². The number of amides is 2. The van der Waals surface area contributed by atoms with Gasteiger partial charge in [-0.25, -0.2) is 4.79 Å². The van der Waals surface area contributed by atoms with E-state index in [-0.39, 0.29) is 12.6 Å². The number of hydrogen-bond acceptors (Lipinski definition) is 4. The van der Waals surface area contributed by atoms with Crippen molar-refractivity contribution in [2.24, 2.45) is 0 Å². The zero-order valence-corrected chi connectivity index (χ0v) is 22.2. The highest BCUT2D eigenvalue weighted by Gasteiger charge is 2.18. The van der Waals surface area contributed by atoms with Crippen molar-refractivity contribution in [1.29, 1.82) is 0 Å². The molecule has 0 radical (unpaired) electrons. The molecule has 2 amide bonds. The lowest BCUT2D eigenvalue weighted by Gasteiger charge is -2.14. The Balaban J connectivity index is 1.38. The van der Waals surface area contributed by atoms with Crippen molar-refractivity contribution < 1.29 is 4.79 Å². The van der Waals surface area contributed by atoms with Crippen molar-refractivity contribution in [3.63, 3.8) is 0 Å². The Labute approximate surface area is 229 Å². The minimum absolute atomic E-state index is 0.136. The maximum absolute atomic E-state index is 12.8. The molecule has 0 saturated heterocycles. The normalized spacial score (nSPS) is 11.0. The van der Waals surface area contributed by atoms with Gasteiger partial charge in [0.05, 0.1) is 22.9 Å². The highest BCUT2D eigenvalue weighted by Crippen LogP contribution is 2.31. The summed E-state index contributed by atoms with van der Waals surface area (Å²) in [6, 6.07) is 26.9. The van der Waals surface area contributed by atoms with Gasteiger partial charge in [0, 0.05) is 16.2 Å². The summed E-state index contributed by atoms with van der Waals surface area (Å²) >= 11 is 14.4. The second kappa shape index (κ2) is 11.3. The molecule has 0 saturated carbocycles. The van der Waals surface area contributed by atoms with Gasteiger partial charge in [-0.15, -0.1) is 10.2 Å². The average molecular weight is 548 g/mol. The number of fused-ring (bicyclic) bond motifs is 1. The fourth-order valence-electron chi connectivity index (χ4n) is 4.02. The first-order valence-electron chi connectivity index (χ1n) is 11.6.